The molecule has 0 aliphatic rings. The lowest BCUT2D eigenvalue weighted by Gasteiger charge is -2.21. The van der Waals surface area contributed by atoms with Gasteiger partial charge in [0.05, 0.1) is 5.56 Å². The molecule has 0 saturated heterocycles. The highest BCUT2D eigenvalue weighted by molar-refractivity contribution is 6.30. The normalized spacial score (nSPS) is 12.0. The van der Waals surface area contributed by atoms with E-state index in [0.717, 1.165) is 5.75 Å². The second-order valence-corrected chi connectivity index (χ2v) is 5.76. The van der Waals surface area contributed by atoms with E-state index >= 15 is 0 Å². The number of hydrogen-bond acceptors (Lipinski definition) is 3. The summed E-state index contributed by atoms with van der Waals surface area (Å²) in [4.78, 5) is 12.2. The van der Waals surface area contributed by atoms with Crippen molar-refractivity contribution in [1.82, 2.24) is 0 Å². The Bertz CT molecular complexity index is 611. The van der Waals surface area contributed by atoms with E-state index in [-0.39, 0.29) is 12.0 Å². The van der Waals surface area contributed by atoms with E-state index in [0.29, 0.717) is 17.2 Å². The minimum absolute atomic E-state index is 0.145. The summed E-state index contributed by atoms with van der Waals surface area (Å²) < 4.78 is 11.2. The molecular formula is C18H19ClO3. The highest BCUT2D eigenvalue weighted by Gasteiger charge is 2.20. The van der Waals surface area contributed by atoms with Gasteiger partial charge in [-0.05, 0) is 36.2 Å². The molecule has 0 radical (unpaired) electrons. The van der Waals surface area contributed by atoms with E-state index in [1.165, 1.54) is 0 Å². The Hall–Kier alpha value is -2.00. The van der Waals surface area contributed by atoms with Gasteiger partial charge in [0.1, 0.15) is 18.5 Å². The van der Waals surface area contributed by atoms with Crippen LogP contribution in [0, 0.1) is 5.92 Å². The first kappa shape index (κ1) is 16.4. The molecule has 4 heteroatoms. The van der Waals surface area contributed by atoms with Crippen LogP contribution in [0.2, 0.25) is 5.02 Å². The van der Waals surface area contributed by atoms with Crippen molar-refractivity contribution >= 4 is 17.6 Å². The van der Waals surface area contributed by atoms with E-state index in [1.54, 1.807) is 24.3 Å². The summed E-state index contributed by atoms with van der Waals surface area (Å²) in [5.41, 5.74) is 0.442. The summed E-state index contributed by atoms with van der Waals surface area (Å²) in [5.74, 6) is 0.511. The van der Waals surface area contributed by atoms with Crippen LogP contribution < -0.4 is 4.74 Å². The molecule has 2 aromatic rings. The first-order valence-corrected chi connectivity index (χ1v) is 7.58. The molecule has 116 valence electrons. The number of carbonyl (C=O) groups excluding carboxylic acids is 1. The van der Waals surface area contributed by atoms with Crippen molar-refractivity contribution in [3.05, 3.63) is 65.2 Å². The van der Waals surface area contributed by atoms with Crippen LogP contribution >= 0.6 is 11.6 Å². The lowest BCUT2D eigenvalue weighted by Crippen LogP contribution is -2.30. The second-order valence-electron chi connectivity index (χ2n) is 5.32. The number of rotatable bonds is 6. The lowest BCUT2D eigenvalue weighted by molar-refractivity contribution is 0.00290. The molecule has 2 aromatic carbocycles. The fourth-order valence-electron chi connectivity index (χ4n) is 1.88. The second kappa shape index (κ2) is 7.85. The van der Waals surface area contributed by atoms with Gasteiger partial charge in [-0.3, -0.25) is 0 Å². The highest BCUT2D eigenvalue weighted by Crippen LogP contribution is 2.16. The molecule has 3 nitrogen and oxygen atoms in total. The Kier molecular flexibility index (Phi) is 5.84. The van der Waals surface area contributed by atoms with Crippen LogP contribution in [0.25, 0.3) is 0 Å². The number of hydrogen-bond donors (Lipinski definition) is 0. The van der Waals surface area contributed by atoms with Crippen molar-refractivity contribution in [3.63, 3.8) is 0 Å². The molecule has 2 rings (SSSR count). The summed E-state index contributed by atoms with van der Waals surface area (Å²) in [7, 11) is 0. The van der Waals surface area contributed by atoms with E-state index in [9.17, 15) is 4.79 Å². The molecule has 1 atom stereocenters. The van der Waals surface area contributed by atoms with Crippen molar-refractivity contribution in [3.8, 4) is 5.75 Å². The van der Waals surface area contributed by atoms with Gasteiger partial charge in [-0.15, -0.1) is 0 Å². The number of para-hydroxylation sites is 1. The predicted octanol–water partition coefficient (Wildman–Crippen LogP) is 4.60. The smallest absolute Gasteiger partial charge is 0.338 e. The number of esters is 1. The average molecular weight is 319 g/mol. The number of ether oxygens (including phenoxy) is 2. The zero-order chi connectivity index (χ0) is 15.9. The van der Waals surface area contributed by atoms with Gasteiger partial charge < -0.3 is 9.47 Å². The Morgan fingerprint density at radius 2 is 1.82 bits per heavy atom. The minimum Gasteiger partial charge on any atom is -0.490 e. The maximum atomic E-state index is 12.2. The third-order valence-corrected chi connectivity index (χ3v) is 3.45. The zero-order valence-electron chi connectivity index (χ0n) is 12.7. The monoisotopic (exact) mass is 318 g/mol. The van der Waals surface area contributed by atoms with Crippen LogP contribution in [-0.4, -0.2) is 18.7 Å². The molecule has 0 bridgehead atoms. The molecule has 0 aliphatic heterocycles. The third-order valence-electron chi connectivity index (χ3n) is 3.22. The SMILES string of the molecule is CC(C)C(COc1ccccc1)OC(=O)c1cccc(Cl)c1. The number of benzene rings is 2. The van der Waals surface area contributed by atoms with E-state index in [2.05, 4.69) is 0 Å². The lowest BCUT2D eigenvalue weighted by atomic mass is 10.1. The highest BCUT2D eigenvalue weighted by atomic mass is 35.5. The maximum absolute atomic E-state index is 12.2. The van der Waals surface area contributed by atoms with Crippen LogP contribution in [0.1, 0.15) is 24.2 Å². The molecule has 0 heterocycles. The van der Waals surface area contributed by atoms with Gasteiger partial charge in [0.2, 0.25) is 0 Å². The first-order chi connectivity index (χ1) is 10.6. The average Bonchev–Trinajstić information content (AvgIpc) is 2.52. The molecule has 22 heavy (non-hydrogen) atoms. The van der Waals surface area contributed by atoms with Gasteiger partial charge >= 0.3 is 5.97 Å². The largest absolute Gasteiger partial charge is 0.490 e. The van der Waals surface area contributed by atoms with Crippen molar-refractivity contribution in [2.75, 3.05) is 6.61 Å². The van der Waals surface area contributed by atoms with Gasteiger partial charge in [-0.25, -0.2) is 4.79 Å². The van der Waals surface area contributed by atoms with Crippen LogP contribution in [-0.2, 0) is 4.74 Å². The molecule has 0 amide bonds. The standard InChI is InChI=1S/C18H19ClO3/c1-13(2)17(12-21-16-9-4-3-5-10-16)22-18(20)14-7-6-8-15(19)11-14/h3-11,13,17H,12H2,1-2H3. The van der Waals surface area contributed by atoms with E-state index in [1.807, 2.05) is 44.2 Å². The molecule has 0 saturated carbocycles. The van der Waals surface area contributed by atoms with E-state index in [4.69, 9.17) is 21.1 Å². The molecule has 0 N–H and O–H groups in total. The molecule has 0 fully saturated rings. The zero-order valence-corrected chi connectivity index (χ0v) is 13.4. The number of halogens is 1. The Morgan fingerprint density at radius 1 is 1.09 bits per heavy atom. The minimum atomic E-state index is -0.391. The molecule has 1 unspecified atom stereocenters. The van der Waals surface area contributed by atoms with Crippen LogP contribution in [0.5, 0.6) is 5.75 Å². The van der Waals surface area contributed by atoms with Gasteiger partial charge in [0.25, 0.3) is 0 Å². The summed E-state index contributed by atoms with van der Waals surface area (Å²) in [6.07, 6.45) is -0.327. The summed E-state index contributed by atoms with van der Waals surface area (Å²) >= 11 is 5.90. The maximum Gasteiger partial charge on any atom is 0.338 e. The summed E-state index contributed by atoms with van der Waals surface area (Å²) in [6.45, 7) is 4.29. The third kappa shape index (κ3) is 4.78. The number of carbonyl (C=O) groups is 1. The van der Waals surface area contributed by atoms with E-state index < -0.39 is 5.97 Å². The van der Waals surface area contributed by atoms with Crippen molar-refractivity contribution in [2.24, 2.45) is 5.92 Å². The van der Waals surface area contributed by atoms with Gasteiger partial charge in [-0.2, -0.15) is 0 Å². The summed E-state index contributed by atoms with van der Waals surface area (Å²) in [6, 6.07) is 16.2. The van der Waals surface area contributed by atoms with Gasteiger partial charge in [-0.1, -0.05) is 49.7 Å². The fourth-order valence-corrected chi connectivity index (χ4v) is 2.07. The Morgan fingerprint density at radius 3 is 2.45 bits per heavy atom. The van der Waals surface area contributed by atoms with Gasteiger partial charge in [0, 0.05) is 5.02 Å². The van der Waals surface area contributed by atoms with Crippen LogP contribution in [0.3, 0.4) is 0 Å². The fraction of sp³-hybridized carbons (Fsp3) is 0.278. The van der Waals surface area contributed by atoms with Crippen molar-refractivity contribution < 1.29 is 14.3 Å². The molecule has 0 aromatic heterocycles. The quantitative estimate of drug-likeness (QED) is 0.730. The van der Waals surface area contributed by atoms with Crippen LogP contribution in [0.4, 0.5) is 0 Å². The topological polar surface area (TPSA) is 35.5 Å². The van der Waals surface area contributed by atoms with Gasteiger partial charge in [0.15, 0.2) is 0 Å². The summed E-state index contributed by atoms with van der Waals surface area (Å²) in [5, 5.41) is 0.510. The first-order valence-electron chi connectivity index (χ1n) is 7.20. The van der Waals surface area contributed by atoms with Crippen molar-refractivity contribution in [2.45, 2.75) is 20.0 Å². The Labute approximate surface area is 135 Å². The predicted molar refractivity (Wildman–Crippen MR) is 87.4 cm³/mol. The molecule has 0 spiro atoms. The van der Waals surface area contributed by atoms with Crippen LogP contribution in [0.15, 0.2) is 54.6 Å². The molecular weight excluding hydrogens is 300 g/mol. The Balaban J connectivity index is 1.98. The molecule has 0 aliphatic carbocycles. The van der Waals surface area contributed by atoms with Crippen molar-refractivity contribution in [1.29, 1.82) is 0 Å².